The van der Waals surface area contributed by atoms with Crippen molar-refractivity contribution in [3.8, 4) is 5.69 Å². The van der Waals surface area contributed by atoms with Gasteiger partial charge in [0.25, 0.3) is 5.56 Å². The van der Waals surface area contributed by atoms with Crippen molar-refractivity contribution in [1.82, 2.24) is 14.8 Å². The zero-order valence-corrected chi connectivity index (χ0v) is 18.9. The summed E-state index contributed by atoms with van der Waals surface area (Å²) in [6, 6.07) is 15.7. The van der Waals surface area contributed by atoms with Crippen LogP contribution in [0.25, 0.3) is 27.5 Å². The number of pyridine rings is 1. The standard InChI is InChI=1S/C19H18N4O.C7H16/c1-2-5-12-8-10-13(11-9-12)23-18(20)16-17(22-23)14-6-3-4-7-15(14)21-19(16)24;1-3-5-7-6-4-2/h3-4,6-11H,2,5,20H2,1H3,(H,21,24);3-7H2,1-2H3. The molecule has 0 radical (unpaired) electrons. The number of hydrogen-bond donors (Lipinski definition) is 2. The summed E-state index contributed by atoms with van der Waals surface area (Å²) < 4.78 is 1.64. The minimum absolute atomic E-state index is 0.213. The molecule has 4 aromatic rings. The quantitative estimate of drug-likeness (QED) is 0.342. The van der Waals surface area contributed by atoms with Crippen molar-refractivity contribution in [2.24, 2.45) is 0 Å². The fourth-order valence-electron chi connectivity index (χ4n) is 3.79. The topological polar surface area (TPSA) is 76.7 Å². The Labute approximate surface area is 184 Å². The fourth-order valence-corrected chi connectivity index (χ4v) is 3.79. The third-order valence-electron chi connectivity index (χ3n) is 5.51. The van der Waals surface area contributed by atoms with E-state index in [0.717, 1.165) is 29.4 Å². The number of unbranched alkanes of at least 4 members (excludes halogenated alkanes) is 4. The Morgan fingerprint density at radius 2 is 1.58 bits per heavy atom. The van der Waals surface area contributed by atoms with E-state index < -0.39 is 0 Å². The Morgan fingerprint density at radius 3 is 2.23 bits per heavy atom. The highest BCUT2D eigenvalue weighted by Crippen LogP contribution is 2.26. The number of nitrogens with zero attached hydrogens (tertiary/aromatic N) is 2. The predicted molar refractivity (Wildman–Crippen MR) is 132 cm³/mol. The number of H-pyrrole nitrogens is 1. The van der Waals surface area contributed by atoms with Crippen molar-refractivity contribution < 1.29 is 0 Å². The maximum atomic E-state index is 12.4. The van der Waals surface area contributed by atoms with Gasteiger partial charge < -0.3 is 10.7 Å². The van der Waals surface area contributed by atoms with Crippen LogP contribution in [-0.4, -0.2) is 14.8 Å². The summed E-state index contributed by atoms with van der Waals surface area (Å²) in [5, 5.41) is 5.94. The number of aromatic amines is 1. The van der Waals surface area contributed by atoms with Crippen molar-refractivity contribution in [1.29, 1.82) is 0 Å². The number of hydrogen-bond acceptors (Lipinski definition) is 3. The summed E-state index contributed by atoms with van der Waals surface area (Å²) in [7, 11) is 0. The van der Waals surface area contributed by atoms with Gasteiger partial charge in [-0.15, -0.1) is 0 Å². The SMILES string of the molecule is CCCCCCC.CCCc1ccc(-n2nc3c(c2N)c(=O)[nH]c2ccccc23)cc1. The lowest BCUT2D eigenvalue weighted by Crippen LogP contribution is -2.08. The fraction of sp³-hybridized carbons (Fsp3) is 0.385. The first-order valence-corrected chi connectivity index (χ1v) is 11.5. The molecule has 0 atom stereocenters. The van der Waals surface area contributed by atoms with Crippen LogP contribution in [0.15, 0.2) is 53.3 Å². The molecule has 5 nitrogen and oxygen atoms in total. The average molecular weight is 419 g/mol. The molecule has 4 rings (SSSR count). The summed E-state index contributed by atoms with van der Waals surface area (Å²) in [5.74, 6) is 0.361. The van der Waals surface area contributed by atoms with Gasteiger partial charge >= 0.3 is 0 Å². The number of aromatic nitrogens is 3. The smallest absolute Gasteiger partial charge is 0.261 e. The highest BCUT2D eigenvalue weighted by molar-refractivity contribution is 6.06. The molecule has 0 aliphatic carbocycles. The van der Waals surface area contributed by atoms with Crippen LogP contribution in [0.2, 0.25) is 0 Å². The number of nitrogens with two attached hydrogens (primary N) is 1. The predicted octanol–water partition coefficient (Wildman–Crippen LogP) is 6.38. The van der Waals surface area contributed by atoms with E-state index in [1.165, 1.54) is 37.7 Å². The minimum Gasteiger partial charge on any atom is -0.383 e. The summed E-state index contributed by atoms with van der Waals surface area (Å²) in [6.45, 7) is 6.65. The summed E-state index contributed by atoms with van der Waals surface area (Å²) in [5.41, 5.74) is 9.55. The number of anilines is 1. The second-order valence-electron chi connectivity index (χ2n) is 8.00. The normalized spacial score (nSPS) is 10.9. The molecule has 0 unspecified atom stereocenters. The number of rotatable bonds is 7. The van der Waals surface area contributed by atoms with E-state index >= 15 is 0 Å². The lowest BCUT2D eigenvalue weighted by atomic mass is 10.1. The number of nitrogen functional groups attached to an aromatic ring is 1. The molecule has 0 fully saturated rings. The van der Waals surface area contributed by atoms with Gasteiger partial charge in [-0.05, 0) is 30.2 Å². The van der Waals surface area contributed by atoms with Crippen molar-refractivity contribution in [2.45, 2.75) is 65.7 Å². The maximum Gasteiger partial charge on any atom is 0.261 e. The molecule has 164 valence electrons. The molecule has 2 heterocycles. The van der Waals surface area contributed by atoms with Crippen LogP contribution in [0.5, 0.6) is 0 Å². The van der Waals surface area contributed by atoms with Crippen molar-refractivity contribution in [2.75, 3.05) is 5.73 Å². The van der Waals surface area contributed by atoms with Gasteiger partial charge in [-0.3, -0.25) is 4.79 Å². The molecule has 0 aliphatic rings. The summed E-state index contributed by atoms with van der Waals surface area (Å²) in [4.78, 5) is 15.3. The molecule has 2 aromatic heterocycles. The largest absolute Gasteiger partial charge is 0.383 e. The van der Waals surface area contributed by atoms with Gasteiger partial charge in [0.1, 0.15) is 16.7 Å². The second kappa shape index (κ2) is 10.8. The highest BCUT2D eigenvalue weighted by Gasteiger charge is 2.16. The molecule has 2 aromatic carbocycles. The Bertz CT molecular complexity index is 1170. The first-order valence-electron chi connectivity index (χ1n) is 11.5. The molecule has 0 aliphatic heterocycles. The Kier molecular flexibility index (Phi) is 7.88. The highest BCUT2D eigenvalue weighted by atomic mass is 16.1. The number of fused-ring (bicyclic) bond motifs is 3. The van der Waals surface area contributed by atoms with E-state index in [1.54, 1.807) is 4.68 Å². The van der Waals surface area contributed by atoms with Gasteiger partial charge in [0, 0.05) is 5.39 Å². The first-order chi connectivity index (χ1) is 15.1. The molecule has 0 saturated heterocycles. The van der Waals surface area contributed by atoms with Gasteiger partial charge in [-0.25, -0.2) is 4.68 Å². The van der Waals surface area contributed by atoms with Crippen molar-refractivity contribution in [3.63, 3.8) is 0 Å². The third-order valence-corrected chi connectivity index (χ3v) is 5.51. The molecular formula is C26H34N4O. The van der Waals surface area contributed by atoms with Gasteiger partial charge in [-0.2, -0.15) is 5.10 Å². The number of benzene rings is 2. The van der Waals surface area contributed by atoms with E-state index in [9.17, 15) is 4.79 Å². The number of nitrogens with one attached hydrogen (secondary N) is 1. The Balaban J connectivity index is 0.000000339. The number of aryl methyl sites for hydroxylation is 1. The van der Waals surface area contributed by atoms with E-state index in [1.807, 2.05) is 36.4 Å². The van der Waals surface area contributed by atoms with Crippen LogP contribution in [0.4, 0.5) is 5.82 Å². The molecule has 0 bridgehead atoms. The van der Waals surface area contributed by atoms with Crippen molar-refractivity contribution >= 4 is 27.6 Å². The van der Waals surface area contributed by atoms with Crippen molar-refractivity contribution in [3.05, 3.63) is 64.4 Å². The molecule has 0 amide bonds. The monoisotopic (exact) mass is 418 g/mol. The van der Waals surface area contributed by atoms with Gasteiger partial charge in [-0.1, -0.05) is 89.6 Å². The average Bonchev–Trinajstić information content (AvgIpc) is 3.14. The van der Waals surface area contributed by atoms with Gasteiger partial charge in [0.05, 0.1) is 11.2 Å². The first kappa shape index (κ1) is 22.6. The zero-order chi connectivity index (χ0) is 22.2. The lowest BCUT2D eigenvalue weighted by molar-refractivity contribution is 0.656. The van der Waals surface area contributed by atoms with E-state index in [-0.39, 0.29) is 5.56 Å². The minimum atomic E-state index is -0.213. The maximum absolute atomic E-state index is 12.4. The number of para-hydroxylation sites is 1. The molecule has 3 N–H and O–H groups in total. The lowest BCUT2D eigenvalue weighted by Gasteiger charge is -2.05. The summed E-state index contributed by atoms with van der Waals surface area (Å²) >= 11 is 0. The Hall–Kier alpha value is -3.08. The van der Waals surface area contributed by atoms with Crippen LogP contribution in [0, 0.1) is 0 Å². The van der Waals surface area contributed by atoms with Gasteiger partial charge in [0.15, 0.2) is 0 Å². The third kappa shape index (κ3) is 5.16. The van der Waals surface area contributed by atoms with E-state index in [2.05, 4.69) is 43.0 Å². The summed E-state index contributed by atoms with van der Waals surface area (Å²) in [6.07, 6.45) is 9.16. The van der Waals surface area contributed by atoms with E-state index in [4.69, 9.17) is 5.73 Å². The van der Waals surface area contributed by atoms with Crippen LogP contribution in [0.1, 0.15) is 64.9 Å². The van der Waals surface area contributed by atoms with Crippen LogP contribution >= 0.6 is 0 Å². The molecular weight excluding hydrogens is 384 g/mol. The zero-order valence-electron chi connectivity index (χ0n) is 18.9. The van der Waals surface area contributed by atoms with Crippen LogP contribution < -0.4 is 11.3 Å². The molecule has 0 saturated carbocycles. The van der Waals surface area contributed by atoms with Crippen LogP contribution in [0.3, 0.4) is 0 Å². The Morgan fingerprint density at radius 1 is 0.903 bits per heavy atom. The molecule has 5 heteroatoms. The second-order valence-corrected chi connectivity index (χ2v) is 8.00. The van der Waals surface area contributed by atoms with Crippen LogP contribution in [-0.2, 0) is 6.42 Å². The molecule has 0 spiro atoms. The van der Waals surface area contributed by atoms with E-state index in [0.29, 0.717) is 16.7 Å². The van der Waals surface area contributed by atoms with Gasteiger partial charge in [0.2, 0.25) is 0 Å². The molecule has 31 heavy (non-hydrogen) atoms.